The molecule has 0 saturated carbocycles. The Morgan fingerprint density at radius 1 is 1.11 bits per heavy atom. The van der Waals surface area contributed by atoms with Gasteiger partial charge in [-0.25, -0.2) is 23.1 Å². The van der Waals surface area contributed by atoms with Crippen molar-refractivity contribution in [3.63, 3.8) is 0 Å². The standard InChI is InChI=1S/C13H10ClF3N2/c1-3-10-18-12(6(2)13(14)19-10)7-4-8(15)11(17)9(16)5-7/h4-5H,3H2,1-2H3. The molecule has 0 radical (unpaired) electrons. The SMILES string of the molecule is CCc1nc(Cl)c(C)c(-c2cc(F)c(F)c(F)c2)n1. The summed E-state index contributed by atoms with van der Waals surface area (Å²) in [5.41, 5.74) is 0.923. The summed E-state index contributed by atoms with van der Waals surface area (Å²) in [5, 5.41) is 0.215. The number of hydrogen-bond acceptors (Lipinski definition) is 2. The minimum atomic E-state index is -1.50. The Morgan fingerprint density at radius 3 is 2.21 bits per heavy atom. The van der Waals surface area contributed by atoms with Gasteiger partial charge in [0, 0.05) is 17.5 Å². The average Bonchev–Trinajstić information content (AvgIpc) is 2.38. The highest BCUT2D eigenvalue weighted by Gasteiger charge is 2.16. The molecule has 1 aromatic heterocycles. The lowest BCUT2D eigenvalue weighted by molar-refractivity contribution is 0.447. The molecule has 0 amide bonds. The van der Waals surface area contributed by atoms with Crippen molar-refractivity contribution < 1.29 is 13.2 Å². The Labute approximate surface area is 113 Å². The van der Waals surface area contributed by atoms with Crippen molar-refractivity contribution in [3.8, 4) is 11.3 Å². The molecule has 6 heteroatoms. The molecule has 0 spiro atoms. The first-order chi connectivity index (χ1) is 8.93. The smallest absolute Gasteiger partial charge is 0.194 e. The van der Waals surface area contributed by atoms with E-state index in [9.17, 15) is 13.2 Å². The summed E-state index contributed by atoms with van der Waals surface area (Å²) in [5.74, 6) is -3.57. The molecule has 0 bridgehead atoms. The summed E-state index contributed by atoms with van der Waals surface area (Å²) >= 11 is 5.95. The number of nitrogens with zero attached hydrogens (tertiary/aromatic N) is 2. The number of rotatable bonds is 2. The molecule has 0 aliphatic heterocycles. The van der Waals surface area contributed by atoms with Crippen molar-refractivity contribution >= 4 is 11.6 Å². The molecule has 2 aromatic rings. The maximum Gasteiger partial charge on any atom is 0.194 e. The summed E-state index contributed by atoms with van der Waals surface area (Å²) < 4.78 is 39.4. The normalized spacial score (nSPS) is 10.8. The predicted molar refractivity (Wildman–Crippen MR) is 66.5 cm³/mol. The minimum absolute atomic E-state index is 0.132. The molecule has 2 rings (SSSR count). The van der Waals surface area contributed by atoms with Crippen molar-refractivity contribution in [1.29, 1.82) is 0 Å². The highest BCUT2D eigenvalue weighted by atomic mass is 35.5. The first kappa shape index (κ1) is 13.8. The van der Waals surface area contributed by atoms with Gasteiger partial charge in [0.25, 0.3) is 0 Å². The van der Waals surface area contributed by atoms with Gasteiger partial charge in [0.15, 0.2) is 17.5 Å². The molecule has 100 valence electrons. The van der Waals surface area contributed by atoms with Crippen molar-refractivity contribution in [1.82, 2.24) is 9.97 Å². The molecule has 0 atom stereocenters. The maximum absolute atomic E-state index is 13.2. The Bertz CT molecular complexity index is 621. The van der Waals surface area contributed by atoms with Gasteiger partial charge in [-0.15, -0.1) is 0 Å². The van der Waals surface area contributed by atoms with E-state index in [2.05, 4.69) is 9.97 Å². The lowest BCUT2D eigenvalue weighted by atomic mass is 10.1. The van der Waals surface area contributed by atoms with E-state index in [-0.39, 0.29) is 10.7 Å². The van der Waals surface area contributed by atoms with Crippen LogP contribution in [0.1, 0.15) is 18.3 Å². The van der Waals surface area contributed by atoms with E-state index in [1.807, 2.05) is 6.92 Å². The van der Waals surface area contributed by atoms with Gasteiger partial charge >= 0.3 is 0 Å². The second-order valence-electron chi connectivity index (χ2n) is 4.01. The van der Waals surface area contributed by atoms with Gasteiger partial charge in [0.05, 0.1) is 5.69 Å². The fourth-order valence-electron chi connectivity index (χ4n) is 1.66. The minimum Gasteiger partial charge on any atom is -0.233 e. The first-order valence-electron chi connectivity index (χ1n) is 5.62. The summed E-state index contributed by atoms with van der Waals surface area (Å²) in [6, 6.07) is 1.78. The molecular weight excluding hydrogens is 277 g/mol. The van der Waals surface area contributed by atoms with Crippen LogP contribution in [0.15, 0.2) is 12.1 Å². The summed E-state index contributed by atoms with van der Waals surface area (Å²) in [6.45, 7) is 3.47. The third kappa shape index (κ3) is 2.56. The van der Waals surface area contributed by atoms with Crippen molar-refractivity contribution in [2.45, 2.75) is 20.3 Å². The van der Waals surface area contributed by atoms with Gasteiger partial charge in [-0.05, 0) is 19.1 Å². The molecule has 0 aliphatic carbocycles. The van der Waals surface area contributed by atoms with E-state index in [1.54, 1.807) is 6.92 Å². The number of benzene rings is 1. The first-order valence-corrected chi connectivity index (χ1v) is 5.99. The van der Waals surface area contributed by atoms with Gasteiger partial charge in [-0.2, -0.15) is 0 Å². The Kier molecular flexibility index (Phi) is 3.75. The Morgan fingerprint density at radius 2 is 1.68 bits per heavy atom. The van der Waals surface area contributed by atoms with Crippen LogP contribution < -0.4 is 0 Å². The molecule has 0 aliphatic rings. The second kappa shape index (κ2) is 5.17. The van der Waals surface area contributed by atoms with Crippen molar-refractivity contribution in [2.24, 2.45) is 0 Å². The van der Waals surface area contributed by atoms with Gasteiger partial charge in [-0.1, -0.05) is 18.5 Å². The average molecular weight is 287 g/mol. The quantitative estimate of drug-likeness (QED) is 0.614. The highest BCUT2D eigenvalue weighted by molar-refractivity contribution is 6.30. The van der Waals surface area contributed by atoms with Crippen molar-refractivity contribution in [2.75, 3.05) is 0 Å². The van der Waals surface area contributed by atoms with Gasteiger partial charge in [0.1, 0.15) is 11.0 Å². The van der Waals surface area contributed by atoms with Gasteiger partial charge in [-0.3, -0.25) is 0 Å². The van der Waals surface area contributed by atoms with Crippen LogP contribution in [0.25, 0.3) is 11.3 Å². The van der Waals surface area contributed by atoms with Crippen LogP contribution in [0.3, 0.4) is 0 Å². The highest BCUT2D eigenvalue weighted by Crippen LogP contribution is 2.28. The number of aryl methyl sites for hydroxylation is 1. The summed E-state index contributed by atoms with van der Waals surface area (Å²) in [4.78, 5) is 8.21. The van der Waals surface area contributed by atoms with Crippen LogP contribution >= 0.6 is 11.6 Å². The van der Waals surface area contributed by atoms with E-state index in [0.29, 0.717) is 23.5 Å². The zero-order chi connectivity index (χ0) is 14.2. The molecular formula is C13H10ClF3N2. The molecule has 0 fully saturated rings. The van der Waals surface area contributed by atoms with E-state index in [1.165, 1.54) is 0 Å². The number of halogens is 4. The molecule has 0 unspecified atom stereocenters. The topological polar surface area (TPSA) is 25.8 Å². The zero-order valence-corrected chi connectivity index (χ0v) is 11.0. The van der Waals surface area contributed by atoms with E-state index >= 15 is 0 Å². The summed E-state index contributed by atoms with van der Waals surface area (Å²) in [6.07, 6.45) is 0.527. The van der Waals surface area contributed by atoms with Crippen LogP contribution in [0.2, 0.25) is 5.15 Å². The third-order valence-corrected chi connectivity index (χ3v) is 3.07. The van der Waals surface area contributed by atoms with Crippen LogP contribution in [-0.2, 0) is 6.42 Å². The lowest BCUT2D eigenvalue weighted by Crippen LogP contribution is -2.01. The molecule has 2 nitrogen and oxygen atoms in total. The Hall–Kier alpha value is -1.62. The van der Waals surface area contributed by atoms with E-state index in [0.717, 1.165) is 12.1 Å². The number of aromatic nitrogens is 2. The molecule has 19 heavy (non-hydrogen) atoms. The monoisotopic (exact) mass is 286 g/mol. The fraction of sp³-hybridized carbons (Fsp3) is 0.231. The second-order valence-corrected chi connectivity index (χ2v) is 4.37. The van der Waals surface area contributed by atoms with E-state index < -0.39 is 17.5 Å². The third-order valence-electron chi connectivity index (χ3n) is 2.71. The zero-order valence-electron chi connectivity index (χ0n) is 10.3. The van der Waals surface area contributed by atoms with Crippen LogP contribution in [0, 0.1) is 24.4 Å². The van der Waals surface area contributed by atoms with Gasteiger partial charge < -0.3 is 0 Å². The Balaban J connectivity index is 2.68. The molecule has 1 heterocycles. The molecule has 1 aromatic carbocycles. The summed E-state index contributed by atoms with van der Waals surface area (Å²) in [7, 11) is 0. The maximum atomic E-state index is 13.2. The van der Waals surface area contributed by atoms with E-state index in [4.69, 9.17) is 11.6 Å². The molecule has 0 N–H and O–H groups in total. The lowest BCUT2D eigenvalue weighted by Gasteiger charge is -2.09. The largest absolute Gasteiger partial charge is 0.233 e. The number of hydrogen-bond donors (Lipinski definition) is 0. The molecule has 0 saturated heterocycles. The predicted octanol–water partition coefficient (Wildman–Crippen LogP) is 4.09. The van der Waals surface area contributed by atoms with Crippen LogP contribution in [0.4, 0.5) is 13.2 Å². The van der Waals surface area contributed by atoms with Crippen LogP contribution in [0.5, 0.6) is 0 Å². The van der Waals surface area contributed by atoms with Crippen molar-refractivity contribution in [3.05, 3.63) is 46.1 Å². The van der Waals surface area contributed by atoms with Crippen LogP contribution in [-0.4, -0.2) is 9.97 Å². The fourth-order valence-corrected chi connectivity index (χ4v) is 1.85. The van der Waals surface area contributed by atoms with Gasteiger partial charge in [0.2, 0.25) is 0 Å².